The van der Waals surface area contributed by atoms with Crippen LogP contribution in [0.3, 0.4) is 0 Å². The zero-order chi connectivity index (χ0) is 19.9. The Morgan fingerprint density at radius 1 is 1.11 bits per heavy atom. The van der Waals surface area contributed by atoms with Crippen molar-refractivity contribution in [2.75, 3.05) is 31.1 Å². The molecule has 1 aliphatic heterocycles. The number of piperazine rings is 1. The third-order valence-electron chi connectivity index (χ3n) is 4.79. The van der Waals surface area contributed by atoms with Crippen LogP contribution in [0.4, 0.5) is 23.2 Å². The Morgan fingerprint density at radius 3 is 2.54 bits per heavy atom. The Balaban J connectivity index is 1.84. The maximum absolute atomic E-state index is 13.7. The van der Waals surface area contributed by atoms with Gasteiger partial charge in [-0.1, -0.05) is 23.7 Å². The topological polar surface area (TPSA) is 33.1 Å². The van der Waals surface area contributed by atoms with Crippen molar-refractivity contribution in [2.24, 2.45) is 0 Å². The summed E-state index contributed by atoms with van der Waals surface area (Å²) in [5, 5.41) is 3.10. The third kappa shape index (κ3) is 3.54. The van der Waals surface area contributed by atoms with Crippen LogP contribution in [0.25, 0.3) is 11.0 Å². The van der Waals surface area contributed by atoms with E-state index in [1.165, 1.54) is 12.1 Å². The van der Waals surface area contributed by atoms with Crippen molar-refractivity contribution in [3.05, 3.63) is 58.6 Å². The smallest absolute Gasteiger partial charge is 0.367 e. The molecule has 1 aromatic heterocycles. The van der Waals surface area contributed by atoms with Gasteiger partial charge in [-0.15, -0.1) is 0 Å². The molecule has 0 unspecified atom stereocenters. The van der Waals surface area contributed by atoms with Gasteiger partial charge in [-0.25, -0.2) is 9.37 Å². The van der Waals surface area contributed by atoms with Gasteiger partial charge in [0.1, 0.15) is 11.3 Å². The third-order valence-corrected chi connectivity index (χ3v) is 5.08. The Kier molecular flexibility index (Phi) is 4.93. The highest BCUT2D eigenvalue weighted by Crippen LogP contribution is 2.35. The highest BCUT2D eigenvalue weighted by molar-refractivity contribution is 6.30. The monoisotopic (exact) mass is 412 g/mol. The van der Waals surface area contributed by atoms with Gasteiger partial charge in [0.15, 0.2) is 0 Å². The fraction of sp³-hybridized carbons (Fsp3) is 0.316. The molecule has 148 valence electrons. The summed E-state index contributed by atoms with van der Waals surface area (Å²) in [5.41, 5.74) is 1.83. The van der Waals surface area contributed by atoms with Crippen LogP contribution in [-0.4, -0.2) is 35.7 Å². The predicted octanol–water partition coefficient (Wildman–Crippen LogP) is 4.31. The highest BCUT2D eigenvalue weighted by atomic mass is 35.5. The lowest BCUT2D eigenvalue weighted by molar-refractivity contribution is -0.146. The van der Waals surface area contributed by atoms with Crippen molar-refractivity contribution in [3.8, 4) is 0 Å². The first-order chi connectivity index (χ1) is 13.3. The second-order valence-electron chi connectivity index (χ2n) is 6.65. The first kappa shape index (κ1) is 19.0. The Hall–Kier alpha value is -2.32. The van der Waals surface area contributed by atoms with E-state index in [9.17, 15) is 17.6 Å². The van der Waals surface area contributed by atoms with E-state index in [0.717, 1.165) is 23.7 Å². The lowest BCUT2D eigenvalue weighted by Gasteiger charge is -2.29. The van der Waals surface area contributed by atoms with Crippen LogP contribution >= 0.6 is 11.6 Å². The Morgan fingerprint density at radius 2 is 1.86 bits per heavy atom. The van der Waals surface area contributed by atoms with Gasteiger partial charge in [-0.3, -0.25) is 0 Å². The zero-order valence-electron chi connectivity index (χ0n) is 14.7. The maximum atomic E-state index is 13.7. The summed E-state index contributed by atoms with van der Waals surface area (Å²) in [7, 11) is 0. The number of benzene rings is 2. The molecule has 1 saturated heterocycles. The normalized spacial score (nSPS) is 15.4. The van der Waals surface area contributed by atoms with Gasteiger partial charge in [-0.05, 0) is 29.8 Å². The summed E-state index contributed by atoms with van der Waals surface area (Å²) in [4.78, 5) is 6.00. The van der Waals surface area contributed by atoms with Crippen molar-refractivity contribution in [1.29, 1.82) is 0 Å². The fourth-order valence-corrected chi connectivity index (χ4v) is 3.69. The van der Waals surface area contributed by atoms with E-state index in [-0.39, 0.29) is 11.6 Å². The van der Waals surface area contributed by atoms with Crippen molar-refractivity contribution < 1.29 is 17.6 Å². The number of nitrogens with one attached hydrogen (secondary N) is 1. The van der Waals surface area contributed by atoms with Crippen LogP contribution < -0.4 is 10.2 Å². The molecular weight excluding hydrogens is 396 g/mol. The number of hydrogen-bond donors (Lipinski definition) is 1. The van der Waals surface area contributed by atoms with Gasteiger partial charge in [-0.2, -0.15) is 13.2 Å². The molecule has 0 spiro atoms. The number of nitrogens with zero attached hydrogens (tertiary/aromatic N) is 3. The summed E-state index contributed by atoms with van der Waals surface area (Å²) in [6.07, 6.45) is -4.62. The van der Waals surface area contributed by atoms with Gasteiger partial charge in [0.05, 0.1) is 16.2 Å². The van der Waals surface area contributed by atoms with Crippen molar-refractivity contribution in [1.82, 2.24) is 14.9 Å². The number of halogens is 5. The van der Waals surface area contributed by atoms with Crippen molar-refractivity contribution in [2.45, 2.75) is 12.7 Å². The maximum Gasteiger partial charge on any atom is 0.449 e. The molecule has 0 amide bonds. The number of rotatable bonds is 3. The summed E-state index contributed by atoms with van der Waals surface area (Å²) in [6, 6.07) is 9.05. The molecule has 4 nitrogen and oxygen atoms in total. The largest absolute Gasteiger partial charge is 0.449 e. The standard InChI is InChI=1S/C19H17ClF4N4/c20-13-10-12(4-5-14(13)21)11-28-16-3-1-2-15(27-8-6-25-7-9-27)17(16)26-18(28)19(22,23)24/h1-5,10,25H,6-9,11H2. The Labute approximate surface area is 163 Å². The summed E-state index contributed by atoms with van der Waals surface area (Å²) in [5.74, 6) is -1.59. The van der Waals surface area contributed by atoms with E-state index < -0.39 is 17.8 Å². The van der Waals surface area contributed by atoms with E-state index in [0.29, 0.717) is 35.4 Å². The van der Waals surface area contributed by atoms with Crippen LogP contribution in [0.2, 0.25) is 5.02 Å². The molecule has 2 aromatic carbocycles. The number of anilines is 1. The molecule has 1 fully saturated rings. The molecule has 0 bridgehead atoms. The molecule has 1 N–H and O–H groups in total. The van der Waals surface area contributed by atoms with Crippen LogP contribution in [0.5, 0.6) is 0 Å². The number of aromatic nitrogens is 2. The van der Waals surface area contributed by atoms with Crippen LogP contribution in [0, 0.1) is 5.82 Å². The molecule has 0 aliphatic carbocycles. The summed E-state index contributed by atoms with van der Waals surface area (Å²) in [6.45, 7) is 2.80. The minimum Gasteiger partial charge on any atom is -0.367 e. The average Bonchev–Trinajstić information content (AvgIpc) is 3.04. The molecule has 2 heterocycles. The van der Waals surface area contributed by atoms with Gasteiger partial charge in [0.25, 0.3) is 0 Å². The van der Waals surface area contributed by atoms with E-state index in [2.05, 4.69) is 10.3 Å². The second kappa shape index (κ2) is 7.25. The molecule has 0 radical (unpaired) electrons. The first-order valence-corrected chi connectivity index (χ1v) is 9.18. The van der Waals surface area contributed by atoms with E-state index in [1.807, 2.05) is 4.90 Å². The van der Waals surface area contributed by atoms with Gasteiger partial charge < -0.3 is 14.8 Å². The lowest BCUT2D eigenvalue weighted by atomic mass is 10.2. The minimum atomic E-state index is -4.62. The fourth-order valence-electron chi connectivity index (χ4n) is 3.49. The second-order valence-corrected chi connectivity index (χ2v) is 7.06. The number of alkyl halides is 3. The van der Waals surface area contributed by atoms with E-state index in [4.69, 9.17) is 11.6 Å². The van der Waals surface area contributed by atoms with Crippen LogP contribution in [-0.2, 0) is 12.7 Å². The predicted molar refractivity (Wildman–Crippen MR) is 100 cm³/mol. The summed E-state index contributed by atoms with van der Waals surface area (Å²) < 4.78 is 55.7. The molecule has 0 saturated carbocycles. The average molecular weight is 413 g/mol. The SMILES string of the molecule is Fc1ccc(Cn2c(C(F)(F)F)nc3c(N4CCNCC4)cccc32)cc1Cl. The van der Waals surface area contributed by atoms with E-state index >= 15 is 0 Å². The molecule has 9 heteroatoms. The number of fused-ring (bicyclic) bond motifs is 1. The minimum absolute atomic E-state index is 0.115. The molecular formula is C19H17ClF4N4. The molecule has 3 aromatic rings. The van der Waals surface area contributed by atoms with Gasteiger partial charge >= 0.3 is 6.18 Å². The first-order valence-electron chi connectivity index (χ1n) is 8.80. The summed E-state index contributed by atoms with van der Waals surface area (Å²) >= 11 is 5.79. The molecule has 4 rings (SSSR count). The van der Waals surface area contributed by atoms with Crippen molar-refractivity contribution >= 4 is 28.3 Å². The lowest BCUT2D eigenvalue weighted by Crippen LogP contribution is -2.43. The van der Waals surface area contributed by atoms with E-state index in [1.54, 1.807) is 18.2 Å². The molecule has 28 heavy (non-hydrogen) atoms. The number of hydrogen-bond acceptors (Lipinski definition) is 3. The highest BCUT2D eigenvalue weighted by Gasteiger charge is 2.38. The van der Waals surface area contributed by atoms with Crippen LogP contribution in [0.1, 0.15) is 11.4 Å². The zero-order valence-corrected chi connectivity index (χ0v) is 15.5. The molecule has 1 aliphatic rings. The Bertz CT molecular complexity index is 1010. The number of para-hydroxylation sites is 1. The quantitative estimate of drug-likeness (QED) is 0.651. The molecule has 0 atom stereocenters. The van der Waals surface area contributed by atoms with Gasteiger partial charge in [0, 0.05) is 32.7 Å². The van der Waals surface area contributed by atoms with Crippen LogP contribution in [0.15, 0.2) is 36.4 Å². The number of imidazole rings is 1. The van der Waals surface area contributed by atoms with Gasteiger partial charge in [0.2, 0.25) is 5.82 Å². The van der Waals surface area contributed by atoms with Crippen molar-refractivity contribution in [3.63, 3.8) is 0 Å².